The molecule has 0 bridgehead atoms. The van der Waals surface area contributed by atoms with E-state index in [-0.39, 0.29) is 0 Å². The molecule has 0 unspecified atom stereocenters. The van der Waals surface area contributed by atoms with Gasteiger partial charge in [-0.1, -0.05) is 43.3 Å². The molecule has 1 N–H and O–H groups in total. The molecule has 19 heavy (non-hydrogen) atoms. The maximum absolute atomic E-state index is 4.44. The van der Waals surface area contributed by atoms with Crippen LogP contribution in [0.15, 0.2) is 40.5 Å². The Morgan fingerprint density at radius 3 is 2.37 bits per heavy atom. The predicted molar refractivity (Wildman–Crippen MR) is 81.0 cm³/mol. The van der Waals surface area contributed by atoms with Crippen molar-refractivity contribution in [2.24, 2.45) is 0 Å². The number of hydrogen-bond acceptors (Lipinski definition) is 4. The van der Waals surface area contributed by atoms with Crippen molar-refractivity contribution in [1.82, 2.24) is 9.97 Å². The number of aromatic nitrogens is 2. The standard InChI is InChI=1S/C15H19N3S/c1-10(2)13-14(16-4)17-9-18-15(13)19-12-7-5-11(3)6-8-12/h5-10H,1-4H3,(H,16,17,18). The molecule has 1 heterocycles. The molecular formula is C15H19N3S. The van der Waals surface area contributed by atoms with Gasteiger partial charge in [0.05, 0.1) is 0 Å². The topological polar surface area (TPSA) is 37.8 Å². The van der Waals surface area contributed by atoms with Crippen LogP contribution in [0.25, 0.3) is 0 Å². The Balaban J connectivity index is 2.36. The third-order valence-electron chi connectivity index (χ3n) is 2.90. The molecule has 0 spiro atoms. The molecule has 1 aromatic heterocycles. The lowest BCUT2D eigenvalue weighted by Gasteiger charge is -2.15. The van der Waals surface area contributed by atoms with Crippen molar-refractivity contribution in [2.45, 2.75) is 36.6 Å². The fraction of sp³-hybridized carbons (Fsp3) is 0.333. The molecule has 0 saturated heterocycles. The third-order valence-corrected chi connectivity index (χ3v) is 3.92. The average Bonchev–Trinajstić information content (AvgIpc) is 2.40. The first kappa shape index (κ1) is 13.9. The van der Waals surface area contributed by atoms with Crippen molar-refractivity contribution in [3.63, 3.8) is 0 Å². The van der Waals surface area contributed by atoms with Crippen LogP contribution in [0.4, 0.5) is 5.82 Å². The second-order valence-corrected chi connectivity index (χ2v) is 5.82. The Bertz CT molecular complexity index is 550. The summed E-state index contributed by atoms with van der Waals surface area (Å²) in [6.45, 7) is 6.43. The summed E-state index contributed by atoms with van der Waals surface area (Å²) in [5.41, 5.74) is 2.45. The number of anilines is 1. The molecule has 0 radical (unpaired) electrons. The van der Waals surface area contributed by atoms with E-state index in [4.69, 9.17) is 0 Å². The summed E-state index contributed by atoms with van der Waals surface area (Å²) in [6, 6.07) is 8.51. The molecule has 100 valence electrons. The van der Waals surface area contributed by atoms with Gasteiger partial charge in [0.25, 0.3) is 0 Å². The molecule has 0 aliphatic heterocycles. The molecule has 0 fully saturated rings. The van der Waals surface area contributed by atoms with Crippen LogP contribution in [0.1, 0.15) is 30.9 Å². The van der Waals surface area contributed by atoms with Crippen LogP contribution in [0, 0.1) is 6.92 Å². The Morgan fingerprint density at radius 2 is 1.79 bits per heavy atom. The van der Waals surface area contributed by atoms with Crippen LogP contribution in [0.3, 0.4) is 0 Å². The molecule has 0 saturated carbocycles. The molecule has 0 amide bonds. The van der Waals surface area contributed by atoms with Gasteiger partial charge in [-0.3, -0.25) is 0 Å². The quantitative estimate of drug-likeness (QED) is 0.851. The summed E-state index contributed by atoms with van der Waals surface area (Å²) in [5, 5.41) is 4.17. The van der Waals surface area contributed by atoms with Crippen molar-refractivity contribution in [3.8, 4) is 0 Å². The highest BCUT2D eigenvalue weighted by molar-refractivity contribution is 7.99. The van der Waals surface area contributed by atoms with Gasteiger partial charge in [0, 0.05) is 17.5 Å². The van der Waals surface area contributed by atoms with Gasteiger partial charge in [-0.2, -0.15) is 0 Å². The second-order valence-electron chi connectivity index (χ2n) is 4.76. The van der Waals surface area contributed by atoms with Crippen LogP contribution in [-0.2, 0) is 0 Å². The van der Waals surface area contributed by atoms with Crippen molar-refractivity contribution in [1.29, 1.82) is 0 Å². The molecule has 1 aromatic carbocycles. The van der Waals surface area contributed by atoms with Gasteiger partial charge in [-0.05, 0) is 25.0 Å². The zero-order valence-corrected chi connectivity index (χ0v) is 12.6. The van der Waals surface area contributed by atoms with Crippen LogP contribution >= 0.6 is 11.8 Å². The number of nitrogens with one attached hydrogen (secondary N) is 1. The molecule has 0 atom stereocenters. The van der Waals surface area contributed by atoms with E-state index in [0.717, 1.165) is 10.8 Å². The van der Waals surface area contributed by atoms with Crippen molar-refractivity contribution < 1.29 is 0 Å². The first-order chi connectivity index (χ1) is 9.11. The highest BCUT2D eigenvalue weighted by atomic mass is 32.2. The second kappa shape index (κ2) is 6.06. The summed E-state index contributed by atoms with van der Waals surface area (Å²) in [5.74, 6) is 1.30. The van der Waals surface area contributed by atoms with Crippen LogP contribution < -0.4 is 5.32 Å². The van der Waals surface area contributed by atoms with Crippen molar-refractivity contribution in [2.75, 3.05) is 12.4 Å². The van der Waals surface area contributed by atoms with Gasteiger partial charge in [-0.15, -0.1) is 0 Å². The average molecular weight is 273 g/mol. The predicted octanol–water partition coefficient (Wildman–Crippen LogP) is 4.10. The monoisotopic (exact) mass is 273 g/mol. The number of hydrogen-bond donors (Lipinski definition) is 1. The smallest absolute Gasteiger partial charge is 0.133 e. The minimum Gasteiger partial charge on any atom is -0.373 e. The zero-order valence-electron chi connectivity index (χ0n) is 11.8. The first-order valence-electron chi connectivity index (χ1n) is 6.39. The summed E-state index contributed by atoms with van der Waals surface area (Å²) >= 11 is 1.69. The van der Waals surface area contributed by atoms with E-state index in [1.54, 1.807) is 18.1 Å². The van der Waals surface area contributed by atoms with Gasteiger partial charge in [-0.25, -0.2) is 9.97 Å². The van der Waals surface area contributed by atoms with Crippen LogP contribution in [0.5, 0.6) is 0 Å². The Hall–Kier alpha value is -1.55. The van der Waals surface area contributed by atoms with E-state index in [9.17, 15) is 0 Å². The lowest BCUT2D eigenvalue weighted by molar-refractivity contribution is 0.806. The number of nitrogens with zero attached hydrogens (tertiary/aromatic N) is 2. The van der Waals surface area contributed by atoms with Gasteiger partial charge in [0.2, 0.25) is 0 Å². The van der Waals surface area contributed by atoms with E-state index >= 15 is 0 Å². The largest absolute Gasteiger partial charge is 0.373 e. The Kier molecular flexibility index (Phi) is 4.43. The fourth-order valence-electron chi connectivity index (χ4n) is 1.90. The molecule has 3 nitrogen and oxygen atoms in total. The summed E-state index contributed by atoms with van der Waals surface area (Å²) in [4.78, 5) is 9.94. The lowest BCUT2D eigenvalue weighted by Crippen LogP contribution is -2.03. The molecule has 0 aliphatic rings. The maximum atomic E-state index is 4.44. The minimum absolute atomic E-state index is 0.386. The third kappa shape index (κ3) is 3.26. The zero-order chi connectivity index (χ0) is 13.8. The lowest BCUT2D eigenvalue weighted by atomic mass is 10.1. The highest BCUT2D eigenvalue weighted by Gasteiger charge is 2.14. The van der Waals surface area contributed by atoms with Crippen LogP contribution in [-0.4, -0.2) is 17.0 Å². The first-order valence-corrected chi connectivity index (χ1v) is 7.20. The number of aryl methyl sites for hydroxylation is 1. The normalized spacial score (nSPS) is 10.8. The van der Waals surface area contributed by atoms with E-state index in [2.05, 4.69) is 60.3 Å². The van der Waals surface area contributed by atoms with E-state index < -0.39 is 0 Å². The molecule has 4 heteroatoms. The molecule has 2 aromatic rings. The van der Waals surface area contributed by atoms with Crippen molar-refractivity contribution >= 4 is 17.6 Å². The Labute approximate surface area is 118 Å². The molecular weight excluding hydrogens is 254 g/mol. The van der Waals surface area contributed by atoms with Gasteiger partial charge < -0.3 is 5.32 Å². The van der Waals surface area contributed by atoms with Crippen LogP contribution in [0.2, 0.25) is 0 Å². The summed E-state index contributed by atoms with van der Waals surface area (Å²) in [6.07, 6.45) is 1.62. The minimum atomic E-state index is 0.386. The molecule has 2 rings (SSSR count). The van der Waals surface area contributed by atoms with Gasteiger partial charge in [0.1, 0.15) is 17.2 Å². The Morgan fingerprint density at radius 1 is 1.11 bits per heavy atom. The van der Waals surface area contributed by atoms with Gasteiger partial charge >= 0.3 is 0 Å². The SMILES string of the molecule is CNc1ncnc(Sc2ccc(C)cc2)c1C(C)C. The van der Waals surface area contributed by atoms with E-state index in [0.29, 0.717) is 5.92 Å². The van der Waals surface area contributed by atoms with Gasteiger partial charge in [0.15, 0.2) is 0 Å². The van der Waals surface area contributed by atoms with Crippen molar-refractivity contribution in [3.05, 3.63) is 41.7 Å². The summed E-state index contributed by atoms with van der Waals surface area (Å²) < 4.78 is 0. The highest BCUT2D eigenvalue weighted by Crippen LogP contribution is 2.35. The fourth-order valence-corrected chi connectivity index (χ4v) is 2.94. The van der Waals surface area contributed by atoms with E-state index in [1.807, 2.05) is 7.05 Å². The molecule has 0 aliphatic carbocycles. The number of rotatable bonds is 4. The maximum Gasteiger partial charge on any atom is 0.133 e. The summed E-state index contributed by atoms with van der Waals surface area (Å²) in [7, 11) is 1.90. The van der Waals surface area contributed by atoms with E-state index in [1.165, 1.54) is 16.0 Å². The number of benzene rings is 1.